The van der Waals surface area contributed by atoms with Crippen molar-refractivity contribution in [3.63, 3.8) is 0 Å². The van der Waals surface area contributed by atoms with E-state index in [-0.39, 0.29) is 11.3 Å². The van der Waals surface area contributed by atoms with Crippen molar-refractivity contribution < 1.29 is 4.79 Å². The predicted octanol–water partition coefficient (Wildman–Crippen LogP) is 5.41. The lowest BCUT2D eigenvalue weighted by molar-refractivity contribution is 0.102. The van der Waals surface area contributed by atoms with Gasteiger partial charge in [-0.1, -0.05) is 68.0 Å². The Kier molecular flexibility index (Phi) is 4.88. The molecule has 1 aromatic heterocycles. The first-order valence-electron chi connectivity index (χ1n) is 7.84. The van der Waals surface area contributed by atoms with Gasteiger partial charge >= 0.3 is 0 Å². The fraction of sp³-hybridized carbons (Fsp3) is 0.211. The number of amides is 1. The van der Waals surface area contributed by atoms with Crippen LogP contribution in [0.25, 0.3) is 10.6 Å². The van der Waals surface area contributed by atoms with Crippen molar-refractivity contribution in [1.29, 1.82) is 0 Å². The normalized spacial score (nSPS) is 11.4. The fourth-order valence-electron chi connectivity index (χ4n) is 2.27. The minimum absolute atomic E-state index is 0.0573. The largest absolute Gasteiger partial charge is 0.296 e. The number of halogens is 1. The number of rotatable bonds is 3. The summed E-state index contributed by atoms with van der Waals surface area (Å²) in [7, 11) is 0. The first-order valence-corrected chi connectivity index (χ1v) is 9.04. The minimum Gasteiger partial charge on any atom is -0.296 e. The molecule has 0 aliphatic rings. The summed E-state index contributed by atoms with van der Waals surface area (Å²) in [5.41, 5.74) is 2.75. The summed E-state index contributed by atoms with van der Waals surface area (Å²) in [5, 5.41) is 12.8. The van der Waals surface area contributed by atoms with Gasteiger partial charge in [-0.2, -0.15) is 0 Å². The number of aromatic nitrogens is 2. The van der Waals surface area contributed by atoms with Crippen LogP contribution in [0.5, 0.6) is 0 Å². The Bertz CT molecular complexity index is 880. The van der Waals surface area contributed by atoms with E-state index in [0.29, 0.717) is 15.7 Å². The molecule has 0 unspecified atom stereocenters. The Balaban J connectivity index is 1.72. The van der Waals surface area contributed by atoms with Gasteiger partial charge in [0.1, 0.15) is 5.01 Å². The molecule has 3 aromatic rings. The average Bonchev–Trinajstić information content (AvgIpc) is 3.03. The van der Waals surface area contributed by atoms with E-state index in [0.717, 1.165) is 10.6 Å². The highest BCUT2D eigenvalue weighted by Gasteiger charge is 2.15. The van der Waals surface area contributed by atoms with E-state index >= 15 is 0 Å². The molecule has 6 heteroatoms. The zero-order chi connectivity index (χ0) is 18.0. The van der Waals surface area contributed by atoms with Crippen LogP contribution >= 0.6 is 22.9 Å². The maximum atomic E-state index is 12.4. The van der Waals surface area contributed by atoms with Crippen LogP contribution in [0, 0.1) is 0 Å². The topological polar surface area (TPSA) is 54.9 Å². The SMILES string of the molecule is CC(C)(C)c1ccc(C(=O)Nc2nnc(-c3ccc(Cl)cc3)s2)cc1. The molecule has 0 saturated heterocycles. The Morgan fingerprint density at radius 2 is 1.64 bits per heavy atom. The van der Waals surface area contributed by atoms with Crippen LogP contribution in [0.1, 0.15) is 36.7 Å². The molecular formula is C19H18ClN3OS. The Morgan fingerprint density at radius 1 is 1.00 bits per heavy atom. The van der Waals surface area contributed by atoms with Gasteiger partial charge in [-0.05, 0) is 35.2 Å². The zero-order valence-electron chi connectivity index (χ0n) is 14.2. The smallest absolute Gasteiger partial charge is 0.257 e. The van der Waals surface area contributed by atoms with Gasteiger partial charge in [0.15, 0.2) is 0 Å². The van der Waals surface area contributed by atoms with Crippen molar-refractivity contribution in [2.75, 3.05) is 5.32 Å². The second-order valence-electron chi connectivity index (χ2n) is 6.70. The number of nitrogens with zero attached hydrogens (tertiary/aromatic N) is 2. The van der Waals surface area contributed by atoms with Crippen LogP contribution in [0.15, 0.2) is 48.5 Å². The van der Waals surface area contributed by atoms with Crippen molar-refractivity contribution >= 4 is 34.0 Å². The zero-order valence-corrected chi connectivity index (χ0v) is 15.8. The third kappa shape index (κ3) is 4.24. The standard InChI is InChI=1S/C19H18ClN3OS/c1-19(2,3)14-8-4-12(5-9-14)16(24)21-18-23-22-17(25-18)13-6-10-15(20)11-7-13/h4-11H,1-3H3,(H,21,23,24). The number of anilines is 1. The highest BCUT2D eigenvalue weighted by atomic mass is 35.5. The van der Waals surface area contributed by atoms with Crippen LogP contribution in [-0.4, -0.2) is 16.1 Å². The summed E-state index contributed by atoms with van der Waals surface area (Å²) in [4.78, 5) is 12.4. The molecule has 0 aliphatic heterocycles. The summed E-state index contributed by atoms with van der Waals surface area (Å²) in [6, 6.07) is 15.0. The number of benzene rings is 2. The number of hydrogen-bond acceptors (Lipinski definition) is 4. The van der Waals surface area contributed by atoms with E-state index in [1.54, 1.807) is 12.1 Å². The molecular weight excluding hydrogens is 354 g/mol. The summed E-state index contributed by atoms with van der Waals surface area (Å²) in [6.07, 6.45) is 0. The maximum Gasteiger partial charge on any atom is 0.257 e. The Morgan fingerprint density at radius 3 is 2.24 bits per heavy atom. The van der Waals surface area contributed by atoms with E-state index < -0.39 is 0 Å². The minimum atomic E-state index is -0.195. The summed E-state index contributed by atoms with van der Waals surface area (Å²) < 4.78 is 0. The highest BCUT2D eigenvalue weighted by molar-refractivity contribution is 7.18. The van der Waals surface area contributed by atoms with Crippen LogP contribution < -0.4 is 5.32 Å². The van der Waals surface area contributed by atoms with Crippen molar-refractivity contribution in [3.8, 4) is 10.6 Å². The Labute approximate surface area is 155 Å². The maximum absolute atomic E-state index is 12.4. The van der Waals surface area contributed by atoms with E-state index in [1.165, 1.54) is 16.9 Å². The third-order valence-electron chi connectivity index (χ3n) is 3.75. The van der Waals surface area contributed by atoms with E-state index in [4.69, 9.17) is 11.6 Å². The molecule has 128 valence electrons. The summed E-state index contributed by atoms with van der Waals surface area (Å²) >= 11 is 7.22. The molecule has 0 saturated carbocycles. The third-order valence-corrected chi connectivity index (χ3v) is 4.89. The number of carbonyl (C=O) groups excluding carboxylic acids is 1. The number of carbonyl (C=O) groups is 1. The molecule has 25 heavy (non-hydrogen) atoms. The van der Waals surface area contributed by atoms with Gasteiger partial charge in [-0.25, -0.2) is 0 Å². The monoisotopic (exact) mass is 371 g/mol. The van der Waals surface area contributed by atoms with Crippen LogP contribution in [-0.2, 0) is 5.41 Å². The van der Waals surface area contributed by atoms with Gasteiger partial charge in [0.2, 0.25) is 5.13 Å². The molecule has 1 heterocycles. The van der Waals surface area contributed by atoms with Crippen LogP contribution in [0.4, 0.5) is 5.13 Å². The molecule has 0 radical (unpaired) electrons. The number of nitrogens with one attached hydrogen (secondary N) is 1. The average molecular weight is 372 g/mol. The second-order valence-corrected chi connectivity index (χ2v) is 8.11. The lowest BCUT2D eigenvalue weighted by Gasteiger charge is -2.18. The van der Waals surface area contributed by atoms with Gasteiger partial charge in [-0.15, -0.1) is 10.2 Å². The van der Waals surface area contributed by atoms with E-state index in [9.17, 15) is 4.79 Å². The Hall–Kier alpha value is -2.24. The predicted molar refractivity (Wildman–Crippen MR) is 103 cm³/mol. The first-order chi connectivity index (χ1) is 11.8. The summed E-state index contributed by atoms with van der Waals surface area (Å²) in [6.45, 7) is 6.42. The molecule has 1 N–H and O–H groups in total. The first kappa shape index (κ1) is 17.6. The summed E-state index contributed by atoms with van der Waals surface area (Å²) in [5.74, 6) is -0.195. The molecule has 1 amide bonds. The van der Waals surface area contributed by atoms with Crippen molar-refractivity contribution in [2.45, 2.75) is 26.2 Å². The van der Waals surface area contributed by atoms with E-state index in [1.807, 2.05) is 36.4 Å². The quantitative estimate of drug-likeness (QED) is 0.669. The molecule has 2 aromatic carbocycles. The molecule has 0 aliphatic carbocycles. The molecule has 0 spiro atoms. The van der Waals surface area contributed by atoms with Crippen molar-refractivity contribution in [2.24, 2.45) is 0 Å². The molecule has 3 rings (SSSR count). The van der Waals surface area contributed by atoms with Gasteiger partial charge < -0.3 is 0 Å². The van der Waals surface area contributed by atoms with Crippen molar-refractivity contribution in [3.05, 3.63) is 64.7 Å². The van der Waals surface area contributed by atoms with Gasteiger partial charge in [0.25, 0.3) is 5.91 Å². The van der Waals surface area contributed by atoms with Crippen LogP contribution in [0.3, 0.4) is 0 Å². The lowest BCUT2D eigenvalue weighted by Crippen LogP contribution is -2.14. The highest BCUT2D eigenvalue weighted by Crippen LogP contribution is 2.28. The molecule has 0 fully saturated rings. The molecule has 4 nitrogen and oxygen atoms in total. The van der Waals surface area contributed by atoms with Gasteiger partial charge in [0.05, 0.1) is 0 Å². The van der Waals surface area contributed by atoms with Gasteiger partial charge in [0, 0.05) is 16.1 Å². The lowest BCUT2D eigenvalue weighted by atomic mass is 9.87. The van der Waals surface area contributed by atoms with Crippen molar-refractivity contribution in [1.82, 2.24) is 10.2 Å². The number of hydrogen-bond donors (Lipinski definition) is 1. The molecule has 0 atom stereocenters. The molecule has 0 bridgehead atoms. The van der Waals surface area contributed by atoms with E-state index in [2.05, 4.69) is 36.3 Å². The second kappa shape index (κ2) is 6.94. The van der Waals surface area contributed by atoms with Gasteiger partial charge in [-0.3, -0.25) is 10.1 Å². The van der Waals surface area contributed by atoms with Crippen LogP contribution in [0.2, 0.25) is 5.02 Å². The fourth-order valence-corrected chi connectivity index (χ4v) is 3.14.